The van der Waals surface area contributed by atoms with Gasteiger partial charge in [-0.3, -0.25) is 4.68 Å². The molecule has 0 spiro atoms. The minimum absolute atomic E-state index is 0.326. The summed E-state index contributed by atoms with van der Waals surface area (Å²) in [4.78, 5) is 11.1. The maximum Gasteiger partial charge on any atom is 0.406 e. The van der Waals surface area contributed by atoms with Crippen LogP contribution in [0.15, 0.2) is 0 Å². The van der Waals surface area contributed by atoms with E-state index < -0.39 is 0 Å². The van der Waals surface area contributed by atoms with Crippen molar-refractivity contribution >= 4 is 6.09 Å². The van der Waals surface area contributed by atoms with E-state index in [4.69, 9.17) is 4.74 Å². The number of aromatic nitrogens is 3. The monoisotopic (exact) mass is 264 g/mol. The molecule has 1 aromatic rings. The molecule has 6 nitrogen and oxygen atoms in total. The summed E-state index contributed by atoms with van der Waals surface area (Å²) in [6.07, 6.45) is 4.00. The molecule has 0 aliphatic heterocycles. The molecule has 1 aromatic heterocycles. The Morgan fingerprint density at radius 1 is 1.42 bits per heavy atom. The van der Waals surface area contributed by atoms with E-state index in [-0.39, 0.29) is 6.09 Å². The summed E-state index contributed by atoms with van der Waals surface area (Å²) in [6, 6.07) is 0. The summed E-state index contributed by atoms with van der Waals surface area (Å²) in [6.45, 7) is 0.553. The van der Waals surface area contributed by atoms with E-state index in [1.807, 2.05) is 11.7 Å². The van der Waals surface area contributed by atoms with E-state index in [1.54, 1.807) is 7.05 Å². The number of amides is 1. The first-order valence-corrected chi connectivity index (χ1v) is 6.92. The third-order valence-corrected chi connectivity index (χ3v) is 4.57. The Bertz CT molecular complexity index is 485. The number of hydrogen-bond acceptors (Lipinski definition) is 4. The number of alkyl carbamates (subject to hydrolysis) is 1. The normalized spacial score (nSPS) is 28.6. The highest BCUT2D eigenvalue weighted by Gasteiger charge is 2.50. The summed E-state index contributed by atoms with van der Waals surface area (Å²) >= 11 is 0. The van der Waals surface area contributed by atoms with E-state index in [2.05, 4.69) is 15.6 Å². The molecule has 2 aliphatic rings. The lowest BCUT2D eigenvalue weighted by Crippen LogP contribution is -2.20. The van der Waals surface area contributed by atoms with E-state index >= 15 is 0 Å². The number of carbonyl (C=O) groups is 1. The molecule has 2 aliphatic carbocycles. The molecule has 3 rings (SSSR count). The fourth-order valence-electron chi connectivity index (χ4n) is 3.40. The lowest BCUT2D eigenvalue weighted by molar-refractivity contribution is 0.139. The van der Waals surface area contributed by atoms with E-state index in [0.29, 0.717) is 24.4 Å². The Labute approximate surface area is 112 Å². The summed E-state index contributed by atoms with van der Waals surface area (Å²) in [5, 5.41) is 10.8. The van der Waals surface area contributed by atoms with Gasteiger partial charge in [-0.2, -0.15) is 0 Å². The molecule has 0 aromatic carbocycles. The van der Waals surface area contributed by atoms with E-state index in [1.165, 1.54) is 5.69 Å². The highest BCUT2D eigenvalue weighted by atomic mass is 16.5. The zero-order chi connectivity index (χ0) is 13.4. The van der Waals surface area contributed by atoms with Gasteiger partial charge in [-0.25, -0.2) is 4.79 Å². The van der Waals surface area contributed by atoms with Crippen molar-refractivity contribution in [2.45, 2.75) is 25.7 Å². The van der Waals surface area contributed by atoms with Crippen LogP contribution in [0.25, 0.3) is 0 Å². The van der Waals surface area contributed by atoms with Crippen molar-refractivity contribution in [2.24, 2.45) is 24.8 Å². The van der Waals surface area contributed by atoms with E-state index in [9.17, 15) is 4.79 Å². The van der Waals surface area contributed by atoms with Crippen LogP contribution in [0.3, 0.4) is 0 Å². The van der Waals surface area contributed by atoms with Gasteiger partial charge in [0.1, 0.15) is 0 Å². The lowest BCUT2D eigenvalue weighted by Gasteiger charge is -2.07. The van der Waals surface area contributed by atoms with Gasteiger partial charge in [-0.1, -0.05) is 5.21 Å². The average Bonchev–Trinajstić information content (AvgIpc) is 2.93. The minimum atomic E-state index is -0.326. The Kier molecular flexibility index (Phi) is 3.16. The molecule has 19 heavy (non-hydrogen) atoms. The molecule has 0 bridgehead atoms. The molecule has 1 fully saturated rings. The van der Waals surface area contributed by atoms with Crippen molar-refractivity contribution in [1.82, 2.24) is 20.3 Å². The Morgan fingerprint density at radius 2 is 2.16 bits per heavy atom. The van der Waals surface area contributed by atoms with Crippen molar-refractivity contribution in [3.05, 3.63) is 11.4 Å². The molecule has 1 saturated carbocycles. The molecular weight excluding hydrogens is 244 g/mol. The van der Waals surface area contributed by atoms with Crippen molar-refractivity contribution in [3.63, 3.8) is 0 Å². The van der Waals surface area contributed by atoms with Crippen LogP contribution in [0, 0.1) is 17.8 Å². The number of hydrogen-bond donors (Lipinski definition) is 1. The molecule has 1 N–H and O–H groups in total. The zero-order valence-corrected chi connectivity index (χ0v) is 11.4. The largest absolute Gasteiger partial charge is 0.449 e. The third kappa shape index (κ3) is 2.31. The van der Waals surface area contributed by atoms with Crippen LogP contribution in [0.5, 0.6) is 0 Å². The second kappa shape index (κ2) is 4.83. The van der Waals surface area contributed by atoms with Gasteiger partial charge in [0.25, 0.3) is 0 Å². The molecule has 1 heterocycles. The minimum Gasteiger partial charge on any atom is -0.449 e. The molecule has 3 atom stereocenters. The first-order chi connectivity index (χ1) is 9.20. The van der Waals surface area contributed by atoms with Crippen LogP contribution in [-0.4, -0.2) is 34.7 Å². The number of rotatable bonds is 2. The van der Waals surface area contributed by atoms with Gasteiger partial charge in [-0.15, -0.1) is 5.10 Å². The van der Waals surface area contributed by atoms with Gasteiger partial charge in [-0.05, 0) is 43.4 Å². The topological polar surface area (TPSA) is 69.0 Å². The highest BCUT2D eigenvalue weighted by Crippen LogP contribution is 2.52. The predicted molar refractivity (Wildman–Crippen MR) is 68.5 cm³/mol. The maximum absolute atomic E-state index is 11.1. The highest BCUT2D eigenvalue weighted by molar-refractivity contribution is 5.66. The van der Waals surface area contributed by atoms with Crippen molar-refractivity contribution in [2.75, 3.05) is 13.7 Å². The van der Waals surface area contributed by atoms with Crippen LogP contribution in [-0.2, 0) is 24.6 Å². The quantitative estimate of drug-likeness (QED) is 0.862. The van der Waals surface area contributed by atoms with Gasteiger partial charge in [0, 0.05) is 14.1 Å². The van der Waals surface area contributed by atoms with Gasteiger partial charge in [0.05, 0.1) is 18.0 Å². The van der Waals surface area contributed by atoms with Crippen molar-refractivity contribution in [1.29, 1.82) is 0 Å². The summed E-state index contributed by atoms with van der Waals surface area (Å²) in [5.41, 5.74) is 2.43. The second-order valence-corrected chi connectivity index (χ2v) is 5.52. The number of fused-ring (bicyclic) bond motifs is 2. The standard InChI is InChI=1S/C13H20N4O2/c1-14-13(18)19-7-10-8-3-5-11-12(6-4-9(8)10)17(2)16-15-11/h8-10H,3-7H2,1-2H3,(H,14,18). The Hall–Kier alpha value is -1.59. The number of nitrogens with one attached hydrogen (secondary N) is 1. The second-order valence-electron chi connectivity index (χ2n) is 5.52. The van der Waals surface area contributed by atoms with Gasteiger partial charge >= 0.3 is 6.09 Å². The molecule has 1 amide bonds. The molecule has 0 saturated heterocycles. The van der Waals surface area contributed by atoms with Gasteiger partial charge < -0.3 is 10.1 Å². The maximum atomic E-state index is 11.1. The number of nitrogens with zero attached hydrogens (tertiary/aromatic N) is 3. The fraction of sp³-hybridized carbons (Fsp3) is 0.769. The number of carbonyl (C=O) groups excluding carboxylic acids is 1. The van der Waals surface area contributed by atoms with Crippen LogP contribution >= 0.6 is 0 Å². The van der Waals surface area contributed by atoms with Crippen molar-refractivity contribution < 1.29 is 9.53 Å². The third-order valence-electron chi connectivity index (χ3n) is 4.57. The van der Waals surface area contributed by atoms with Crippen molar-refractivity contribution in [3.8, 4) is 0 Å². The molecule has 104 valence electrons. The summed E-state index contributed by atoms with van der Waals surface area (Å²) < 4.78 is 7.08. The molecule has 0 radical (unpaired) electrons. The Morgan fingerprint density at radius 3 is 2.89 bits per heavy atom. The van der Waals surface area contributed by atoms with Crippen LogP contribution in [0.1, 0.15) is 24.2 Å². The average molecular weight is 264 g/mol. The van der Waals surface area contributed by atoms with Gasteiger partial charge in [0.15, 0.2) is 0 Å². The smallest absolute Gasteiger partial charge is 0.406 e. The first kappa shape index (κ1) is 12.4. The zero-order valence-electron chi connectivity index (χ0n) is 11.4. The molecular formula is C13H20N4O2. The molecule has 6 heteroatoms. The number of aryl methyl sites for hydroxylation is 2. The summed E-state index contributed by atoms with van der Waals surface area (Å²) in [7, 11) is 3.55. The van der Waals surface area contributed by atoms with Gasteiger partial charge in [0.2, 0.25) is 0 Å². The van der Waals surface area contributed by atoms with Crippen LogP contribution in [0.4, 0.5) is 4.79 Å². The first-order valence-electron chi connectivity index (χ1n) is 6.92. The summed E-state index contributed by atoms with van der Waals surface area (Å²) in [5.74, 6) is 1.94. The van der Waals surface area contributed by atoms with Crippen LogP contribution < -0.4 is 5.32 Å². The fourth-order valence-corrected chi connectivity index (χ4v) is 3.40. The van der Waals surface area contributed by atoms with E-state index in [0.717, 1.165) is 31.4 Å². The molecule has 3 unspecified atom stereocenters. The number of ether oxygens (including phenoxy) is 1. The Balaban J connectivity index is 1.59. The predicted octanol–water partition coefficient (Wildman–Crippen LogP) is 0.912. The lowest BCUT2D eigenvalue weighted by atomic mass is 10.0. The van der Waals surface area contributed by atoms with Crippen LogP contribution in [0.2, 0.25) is 0 Å². The SMILES string of the molecule is CNC(=O)OCC1C2CCc3nnn(C)c3CCC21.